The molecule has 0 radical (unpaired) electrons. The lowest BCUT2D eigenvalue weighted by Gasteiger charge is -2.35. The van der Waals surface area contributed by atoms with Gasteiger partial charge in [0.2, 0.25) is 11.8 Å². The molecular formula is C18H18ClN3O2S. The first-order valence-electron chi connectivity index (χ1n) is 7.97. The van der Waals surface area contributed by atoms with Crippen LogP contribution < -0.4 is 4.90 Å². The van der Waals surface area contributed by atoms with E-state index >= 15 is 0 Å². The standard InChI is InChI=1S/C18H18ClN3O2S/c1-13(25-16-8-4-5-9-20-16)18(24)21-10-11-22(17(23)12-21)15-7-3-2-6-14(15)19/h2-9,13H,10-12H2,1H3/t13-/m0/s1. The third kappa shape index (κ3) is 4.14. The average Bonchev–Trinajstić information content (AvgIpc) is 2.62. The third-order valence-electron chi connectivity index (χ3n) is 3.96. The molecule has 0 spiro atoms. The van der Waals surface area contributed by atoms with Crippen LogP contribution in [-0.4, -0.2) is 46.6 Å². The lowest BCUT2D eigenvalue weighted by Crippen LogP contribution is -2.54. The first kappa shape index (κ1) is 17.8. The number of amides is 2. The molecule has 130 valence electrons. The summed E-state index contributed by atoms with van der Waals surface area (Å²) in [6.07, 6.45) is 1.70. The topological polar surface area (TPSA) is 53.5 Å². The van der Waals surface area contributed by atoms with Crippen LogP contribution >= 0.6 is 23.4 Å². The predicted octanol–water partition coefficient (Wildman–Crippen LogP) is 3.09. The van der Waals surface area contributed by atoms with E-state index in [9.17, 15) is 9.59 Å². The van der Waals surface area contributed by atoms with Crippen LogP contribution in [0.15, 0.2) is 53.7 Å². The first-order chi connectivity index (χ1) is 12.1. The van der Waals surface area contributed by atoms with E-state index < -0.39 is 0 Å². The first-order valence-corrected chi connectivity index (χ1v) is 9.23. The highest BCUT2D eigenvalue weighted by Crippen LogP contribution is 2.27. The minimum Gasteiger partial charge on any atom is -0.331 e. The molecule has 1 fully saturated rings. The van der Waals surface area contributed by atoms with Gasteiger partial charge in [0.05, 0.1) is 21.0 Å². The molecule has 7 heteroatoms. The van der Waals surface area contributed by atoms with Crippen molar-refractivity contribution in [1.82, 2.24) is 9.88 Å². The van der Waals surface area contributed by atoms with Gasteiger partial charge in [0, 0.05) is 19.3 Å². The number of benzene rings is 1. The molecule has 1 atom stereocenters. The minimum atomic E-state index is -0.297. The van der Waals surface area contributed by atoms with Crippen molar-refractivity contribution < 1.29 is 9.59 Å². The molecule has 1 aliphatic rings. The summed E-state index contributed by atoms with van der Waals surface area (Å²) in [5, 5.41) is 1.04. The number of halogens is 1. The number of carbonyl (C=O) groups is 2. The van der Waals surface area contributed by atoms with Gasteiger partial charge in [-0.1, -0.05) is 41.6 Å². The zero-order valence-corrected chi connectivity index (χ0v) is 15.3. The van der Waals surface area contributed by atoms with E-state index in [0.29, 0.717) is 23.8 Å². The quantitative estimate of drug-likeness (QED) is 0.770. The second-order valence-electron chi connectivity index (χ2n) is 5.68. The maximum absolute atomic E-state index is 12.6. The molecule has 0 N–H and O–H groups in total. The zero-order chi connectivity index (χ0) is 17.8. The zero-order valence-electron chi connectivity index (χ0n) is 13.8. The van der Waals surface area contributed by atoms with Crippen molar-refractivity contribution in [1.29, 1.82) is 0 Å². The van der Waals surface area contributed by atoms with E-state index in [-0.39, 0.29) is 23.6 Å². The number of piperazine rings is 1. The summed E-state index contributed by atoms with van der Waals surface area (Å²) in [4.78, 5) is 32.6. The van der Waals surface area contributed by atoms with E-state index in [2.05, 4.69) is 4.98 Å². The second kappa shape index (κ2) is 7.89. The van der Waals surface area contributed by atoms with Gasteiger partial charge in [0.25, 0.3) is 0 Å². The summed E-state index contributed by atoms with van der Waals surface area (Å²) in [5.74, 6) is -0.175. The number of para-hydroxylation sites is 1. The lowest BCUT2D eigenvalue weighted by molar-refractivity contribution is -0.136. The molecule has 0 saturated carbocycles. The van der Waals surface area contributed by atoms with Crippen LogP contribution in [-0.2, 0) is 9.59 Å². The number of thioether (sulfide) groups is 1. The number of carbonyl (C=O) groups excluding carboxylic acids is 2. The summed E-state index contributed by atoms with van der Waals surface area (Å²) in [6, 6.07) is 12.8. The van der Waals surface area contributed by atoms with Crippen LogP contribution in [0, 0.1) is 0 Å². The highest BCUT2D eigenvalue weighted by molar-refractivity contribution is 8.00. The second-order valence-corrected chi connectivity index (χ2v) is 7.45. The molecule has 1 aromatic heterocycles. The molecule has 0 unspecified atom stereocenters. The van der Waals surface area contributed by atoms with Crippen molar-refractivity contribution in [2.24, 2.45) is 0 Å². The summed E-state index contributed by atoms with van der Waals surface area (Å²) in [7, 11) is 0. The van der Waals surface area contributed by atoms with Gasteiger partial charge in [-0.15, -0.1) is 0 Å². The van der Waals surface area contributed by atoms with Crippen LogP contribution in [0.4, 0.5) is 5.69 Å². The van der Waals surface area contributed by atoms with Crippen molar-refractivity contribution in [2.45, 2.75) is 17.2 Å². The van der Waals surface area contributed by atoms with Gasteiger partial charge in [0.15, 0.2) is 0 Å². The highest BCUT2D eigenvalue weighted by Gasteiger charge is 2.31. The molecule has 1 saturated heterocycles. The van der Waals surface area contributed by atoms with Crippen molar-refractivity contribution in [2.75, 3.05) is 24.5 Å². The summed E-state index contributed by atoms with van der Waals surface area (Å²) in [6.45, 7) is 2.84. The maximum Gasteiger partial charge on any atom is 0.246 e. The van der Waals surface area contributed by atoms with E-state index in [4.69, 9.17) is 11.6 Å². The van der Waals surface area contributed by atoms with Gasteiger partial charge in [-0.3, -0.25) is 9.59 Å². The molecule has 2 aromatic rings. The Hall–Kier alpha value is -2.05. The molecule has 25 heavy (non-hydrogen) atoms. The number of pyridine rings is 1. The van der Waals surface area contributed by atoms with Crippen molar-refractivity contribution in [3.8, 4) is 0 Å². The number of nitrogens with zero attached hydrogens (tertiary/aromatic N) is 3. The lowest BCUT2D eigenvalue weighted by atomic mass is 10.2. The van der Waals surface area contributed by atoms with Gasteiger partial charge in [-0.05, 0) is 31.2 Å². The van der Waals surface area contributed by atoms with Gasteiger partial charge >= 0.3 is 0 Å². The van der Waals surface area contributed by atoms with E-state index in [1.807, 2.05) is 43.3 Å². The van der Waals surface area contributed by atoms with Crippen LogP contribution in [0.25, 0.3) is 0 Å². The fourth-order valence-corrected chi connectivity index (χ4v) is 3.82. The molecule has 5 nitrogen and oxygen atoms in total. The van der Waals surface area contributed by atoms with Crippen LogP contribution in [0.1, 0.15) is 6.92 Å². The monoisotopic (exact) mass is 375 g/mol. The highest BCUT2D eigenvalue weighted by atomic mass is 35.5. The number of anilines is 1. The number of hydrogen-bond donors (Lipinski definition) is 0. The Bertz CT molecular complexity index is 772. The smallest absolute Gasteiger partial charge is 0.246 e. The molecule has 1 aliphatic heterocycles. The largest absolute Gasteiger partial charge is 0.331 e. The Balaban J connectivity index is 1.63. The normalized spacial score (nSPS) is 16.0. The Kier molecular flexibility index (Phi) is 5.60. The summed E-state index contributed by atoms with van der Waals surface area (Å²) < 4.78 is 0. The van der Waals surface area contributed by atoms with Gasteiger partial charge < -0.3 is 9.80 Å². The van der Waals surface area contributed by atoms with Crippen molar-refractivity contribution >= 4 is 40.9 Å². The van der Waals surface area contributed by atoms with Crippen LogP contribution in [0.3, 0.4) is 0 Å². The van der Waals surface area contributed by atoms with E-state index in [1.54, 1.807) is 22.1 Å². The van der Waals surface area contributed by atoms with Crippen LogP contribution in [0.2, 0.25) is 5.02 Å². The molecule has 3 rings (SSSR count). The SMILES string of the molecule is C[C@H](Sc1ccccn1)C(=O)N1CCN(c2ccccc2Cl)C(=O)C1. The molecule has 0 bridgehead atoms. The predicted molar refractivity (Wildman–Crippen MR) is 99.9 cm³/mol. The fourth-order valence-electron chi connectivity index (χ4n) is 2.69. The van der Waals surface area contributed by atoms with Crippen LogP contribution in [0.5, 0.6) is 0 Å². The minimum absolute atomic E-state index is 0.0530. The molecule has 2 heterocycles. The van der Waals surface area contributed by atoms with Gasteiger partial charge in [0.1, 0.15) is 6.54 Å². The van der Waals surface area contributed by atoms with Gasteiger partial charge in [-0.25, -0.2) is 4.98 Å². The Labute approximate surface area is 156 Å². The Morgan fingerprint density at radius 1 is 1.20 bits per heavy atom. The molecule has 2 amide bonds. The summed E-state index contributed by atoms with van der Waals surface area (Å²) in [5.41, 5.74) is 0.692. The molecular weight excluding hydrogens is 358 g/mol. The summed E-state index contributed by atoms with van der Waals surface area (Å²) >= 11 is 7.58. The average molecular weight is 376 g/mol. The fraction of sp³-hybridized carbons (Fsp3) is 0.278. The number of rotatable bonds is 4. The maximum atomic E-state index is 12.6. The van der Waals surface area contributed by atoms with Crippen molar-refractivity contribution in [3.63, 3.8) is 0 Å². The van der Waals surface area contributed by atoms with Gasteiger partial charge in [-0.2, -0.15) is 0 Å². The third-order valence-corrected chi connectivity index (χ3v) is 5.32. The Morgan fingerprint density at radius 3 is 2.64 bits per heavy atom. The van der Waals surface area contributed by atoms with Crippen molar-refractivity contribution in [3.05, 3.63) is 53.7 Å². The Morgan fingerprint density at radius 2 is 1.96 bits per heavy atom. The number of aromatic nitrogens is 1. The molecule has 1 aromatic carbocycles. The number of hydrogen-bond acceptors (Lipinski definition) is 4. The molecule has 0 aliphatic carbocycles. The van der Waals surface area contributed by atoms with E-state index in [1.165, 1.54) is 11.8 Å². The van der Waals surface area contributed by atoms with E-state index in [0.717, 1.165) is 5.03 Å².